The van der Waals surface area contributed by atoms with Crippen molar-refractivity contribution in [1.29, 1.82) is 0 Å². The molecule has 3 aliphatic carbocycles. The molecule has 0 saturated heterocycles. The summed E-state index contributed by atoms with van der Waals surface area (Å²) in [4.78, 5) is 5.00. The van der Waals surface area contributed by atoms with E-state index in [9.17, 15) is 0 Å². The molecular weight excluding hydrogens is 298 g/mol. The summed E-state index contributed by atoms with van der Waals surface area (Å²) in [6, 6.07) is 3.04. The lowest BCUT2D eigenvalue weighted by atomic mass is 9.82. The van der Waals surface area contributed by atoms with Gasteiger partial charge < -0.3 is 11.1 Å². The molecule has 0 radical (unpaired) electrons. The Morgan fingerprint density at radius 2 is 2.04 bits per heavy atom. The molecule has 5 nitrogen and oxygen atoms in total. The van der Waals surface area contributed by atoms with E-state index in [2.05, 4.69) is 16.5 Å². The van der Waals surface area contributed by atoms with Crippen LogP contribution in [-0.2, 0) is 6.42 Å². The van der Waals surface area contributed by atoms with Gasteiger partial charge in [0.25, 0.3) is 0 Å². The fraction of sp³-hybridized carbons (Fsp3) is 0.684. The lowest BCUT2D eigenvalue weighted by molar-refractivity contribution is 0.312. The largest absolute Gasteiger partial charge is 0.367 e. The zero-order valence-electron chi connectivity index (χ0n) is 14.2. The molecule has 0 bridgehead atoms. The maximum Gasteiger partial charge on any atom is 0.161 e. The molecule has 128 valence electrons. The summed E-state index contributed by atoms with van der Waals surface area (Å²) in [6.07, 6.45) is 13.2. The minimum atomic E-state index is 0.342. The van der Waals surface area contributed by atoms with Crippen molar-refractivity contribution < 1.29 is 0 Å². The summed E-state index contributed by atoms with van der Waals surface area (Å²) in [5, 5.41) is 8.37. The van der Waals surface area contributed by atoms with E-state index in [-0.39, 0.29) is 0 Å². The summed E-state index contributed by atoms with van der Waals surface area (Å²) in [6.45, 7) is 0. The van der Waals surface area contributed by atoms with Crippen molar-refractivity contribution in [3.8, 4) is 0 Å². The van der Waals surface area contributed by atoms with Gasteiger partial charge in [-0.3, -0.25) is 0 Å². The quantitative estimate of drug-likeness (QED) is 0.885. The van der Waals surface area contributed by atoms with Gasteiger partial charge in [0.2, 0.25) is 0 Å². The van der Waals surface area contributed by atoms with E-state index in [1.807, 2.05) is 10.7 Å². The van der Waals surface area contributed by atoms with Crippen LogP contribution in [-0.4, -0.2) is 26.7 Å². The smallest absolute Gasteiger partial charge is 0.161 e. The first-order chi connectivity index (χ1) is 11.8. The van der Waals surface area contributed by atoms with Gasteiger partial charge in [-0.25, -0.2) is 4.98 Å². The number of hydrogen-bond acceptors (Lipinski definition) is 4. The highest BCUT2D eigenvalue weighted by atomic mass is 15.3. The van der Waals surface area contributed by atoms with E-state index in [1.165, 1.54) is 43.4 Å². The van der Waals surface area contributed by atoms with Crippen LogP contribution >= 0.6 is 0 Å². The number of anilines is 1. The minimum Gasteiger partial charge on any atom is -0.367 e. The van der Waals surface area contributed by atoms with E-state index in [1.54, 1.807) is 0 Å². The Kier molecular flexibility index (Phi) is 3.51. The van der Waals surface area contributed by atoms with Gasteiger partial charge in [0.1, 0.15) is 5.82 Å². The number of rotatable bonds is 5. The number of nitrogens with two attached hydrogens (primary N) is 1. The fourth-order valence-electron chi connectivity index (χ4n) is 4.27. The molecule has 2 aromatic rings. The fourth-order valence-corrected chi connectivity index (χ4v) is 4.27. The molecule has 3 fully saturated rings. The first kappa shape index (κ1) is 14.7. The summed E-state index contributed by atoms with van der Waals surface area (Å²) >= 11 is 0. The molecule has 2 atom stereocenters. The first-order valence-electron chi connectivity index (χ1n) is 9.66. The highest BCUT2D eigenvalue weighted by Crippen LogP contribution is 2.42. The Hall–Kier alpha value is -1.62. The number of nitrogens with zero attached hydrogens (tertiary/aromatic N) is 3. The number of nitrogens with one attached hydrogen (secondary N) is 1. The standard InChI is InChI=1S/C19H27N5/c20-14-6-7-15(9-14)22-18-10-16(8-12-2-1-3-12)23-19-17(13-4-5-13)11-21-24(18)19/h10-15,22H,1-9,20H2/t14-,15-/m0/s1. The molecule has 3 aliphatic rings. The van der Waals surface area contributed by atoms with Crippen molar-refractivity contribution in [2.75, 3.05) is 5.32 Å². The van der Waals surface area contributed by atoms with Gasteiger partial charge >= 0.3 is 0 Å². The number of aromatic nitrogens is 3. The van der Waals surface area contributed by atoms with Gasteiger partial charge in [-0.2, -0.15) is 9.61 Å². The molecular formula is C19H27N5. The SMILES string of the molecule is N[C@H]1CC[C@H](Nc2cc(CC3CCC3)nc3c(C4CC4)cnn23)C1. The third-order valence-corrected chi connectivity index (χ3v) is 6.12. The third kappa shape index (κ3) is 2.69. The Labute approximate surface area is 143 Å². The monoisotopic (exact) mass is 325 g/mol. The van der Waals surface area contributed by atoms with Crippen molar-refractivity contribution >= 4 is 11.5 Å². The van der Waals surface area contributed by atoms with Crippen molar-refractivity contribution in [3.63, 3.8) is 0 Å². The summed E-state index contributed by atoms with van der Waals surface area (Å²) < 4.78 is 2.03. The van der Waals surface area contributed by atoms with Crippen molar-refractivity contribution in [1.82, 2.24) is 14.6 Å². The third-order valence-electron chi connectivity index (χ3n) is 6.12. The molecule has 0 unspecified atom stereocenters. The van der Waals surface area contributed by atoms with Gasteiger partial charge in [-0.15, -0.1) is 0 Å². The second-order valence-corrected chi connectivity index (χ2v) is 8.16. The van der Waals surface area contributed by atoms with E-state index >= 15 is 0 Å². The summed E-state index contributed by atoms with van der Waals surface area (Å²) in [5.41, 5.74) is 9.75. The second-order valence-electron chi connectivity index (χ2n) is 8.16. The molecule has 5 heteroatoms. The average Bonchev–Trinajstić information content (AvgIpc) is 3.15. The van der Waals surface area contributed by atoms with Crippen LogP contribution in [0.3, 0.4) is 0 Å². The molecule has 3 N–H and O–H groups in total. The van der Waals surface area contributed by atoms with Crippen LogP contribution in [0.1, 0.15) is 68.5 Å². The van der Waals surface area contributed by atoms with Crippen LogP contribution < -0.4 is 11.1 Å². The topological polar surface area (TPSA) is 68.2 Å². The Morgan fingerprint density at radius 1 is 1.17 bits per heavy atom. The van der Waals surface area contributed by atoms with Gasteiger partial charge in [-0.05, 0) is 50.4 Å². The molecule has 2 heterocycles. The molecule has 0 amide bonds. The molecule has 0 spiro atoms. The summed E-state index contributed by atoms with van der Waals surface area (Å²) in [7, 11) is 0. The molecule has 0 aliphatic heterocycles. The minimum absolute atomic E-state index is 0.342. The molecule has 5 rings (SSSR count). The molecule has 2 aromatic heterocycles. The molecule has 0 aromatic carbocycles. The molecule has 24 heavy (non-hydrogen) atoms. The van der Waals surface area contributed by atoms with Crippen LogP contribution in [0.4, 0.5) is 5.82 Å². The highest BCUT2D eigenvalue weighted by Gasteiger charge is 2.29. The van der Waals surface area contributed by atoms with Gasteiger partial charge in [0, 0.05) is 29.4 Å². The summed E-state index contributed by atoms with van der Waals surface area (Å²) in [5.74, 6) is 2.63. The Balaban J connectivity index is 1.50. The zero-order chi connectivity index (χ0) is 16.1. The van der Waals surface area contributed by atoms with Crippen LogP contribution in [0, 0.1) is 5.92 Å². The Morgan fingerprint density at radius 3 is 2.71 bits per heavy atom. The van der Waals surface area contributed by atoms with E-state index < -0.39 is 0 Å². The second kappa shape index (κ2) is 5.73. The van der Waals surface area contributed by atoms with Crippen molar-refractivity contribution in [2.45, 2.75) is 75.8 Å². The predicted molar refractivity (Wildman–Crippen MR) is 95.2 cm³/mol. The van der Waals surface area contributed by atoms with Gasteiger partial charge in [0.15, 0.2) is 5.65 Å². The van der Waals surface area contributed by atoms with E-state index in [0.29, 0.717) is 18.0 Å². The van der Waals surface area contributed by atoms with Crippen molar-refractivity contribution in [3.05, 3.63) is 23.5 Å². The maximum absolute atomic E-state index is 6.09. The van der Waals surface area contributed by atoms with Crippen LogP contribution in [0.15, 0.2) is 12.3 Å². The lowest BCUT2D eigenvalue weighted by Gasteiger charge is -2.25. The zero-order valence-corrected chi connectivity index (χ0v) is 14.2. The number of hydrogen-bond donors (Lipinski definition) is 2. The first-order valence-corrected chi connectivity index (χ1v) is 9.66. The van der Waals surface area contributed by atoms with E-state index in [4.69, 9.17) is 10.7 Å². The lowest BCUT2D eigenvalue weighted by Crippen LogP contribution is -2.22. The normalized spacial score (nSPS) is 27.5. The van der Waals surface area contributed by atoms with Crippen LogP contribution in [0.2, 0.25) is 0 Å². The van der Waals surface area contributed by atoms with Crippen LogP contribution in [0.5, 0.6) is 0 Å². The van der Waals surface area contributed by atoms with Gasteiger partial charge in [-0.1, -0.05) is 19.3 Å². The predicted octanol–water partition coefficient (Wildman–Crippen LogP) is 3.24. The maximum atomic E-state index is 6.09. The number of fused-ring (bicyclic) bond motifs is 1. The van der Waals surface area contributed by atoms with Crippen LogP contribution in [0.25, 0.3) is 5.65 Å². The van der Waals surface area contributed by atoms with Crippen molar-refractivity contribution in [2.24, 2.45) is 11.7 Å². The van der Waals surface area contributed by atoms with E-state index in [0.717, 1.165) is 43.1 Å². The Bertz CT molecular complexity index is 744. The van der Waals surface area contributed by atoms with Gasteiger partial charge in [0.05, 0.1) is 6.20 Å². The average molecular weight is 325 g/mol. The molecule has 3 saturated carbocycles. The highest BCUT2D eigenvalue weighted by molar-refractivity contribution is 5.57.